The summed E-state index contributed by atoms with van der Waals surface area (Å²) in [6.45, 7) is 6.93. The van der Waals surface area contributed by atoms with Crippen molar-refractivity contribution in [1.29, 1.82) is 5.26 Å². The van der Waals surface area contributed by atoms with Crippen molar-refractivity contribution in [3.05, 3.63) is 64.5 Å². The number of nitriles is 1. The molecule has 1 atom stereocenters. The Morgan fingerprint density at radius 3 is 2.60 bits per heavy atom. The second kappa shape index (κ2) is 9.45. The topological polar surface area (TPSA) is 84.1 Å². The van der Waals surface area contributed by atoms with Crippen molar-refractivity contribution in [2.45, 2.75) is 58.7 Å². The molecule has 1 heterocycles. The first-order valence-electron chi connectivity index (χ1n) is 10.3. The molecular weight excluding hydrogens is 378 g/mol. The summed E-state index contributed by atoms with van der Waals surface area (Å²) in [6.07, 6.45) is 3.29. The fourth-order valence-corrected chi connectivity index (χ4v) is 3.41. The van der Waals surface area contributed by atoms with E-state index in [9.17, 15) is 14.9 Å². The maximum absolute atomic E-state index is 12.8. The third-order valence-corrected chi connectivity index (χ3v) is 5.19. The van der Waals surface area contributed by atoms with Gasteiger partial charge in [-0.25, -0.2) is 4.79 Å². The minimum absolute atomic E-state index is 0.132. The smallest absolute Gasteiger partial charge is 0.350 e. The summed E-state index contributed by atoms with van der Waals surface area (Å²) in [5, 5.41) is 12.5. The molecule has 1 aliphatic rings. The molecule has 1 fully saturated rings. The van der Waals surface area contributed by atoms with E-state index in [0.717, 1.165) is 42.8 Å². The lowest BCUT2D eigenvalue weighted by Crippen LogP contribution is -2.33. The van der Waals surface area contributed by atoms with Gasteiger partial charge in [0.1, 0.15) is 11.6 Å². The van der Waals surface area contributed by atoms with Gasteiger partial charge in [0.05, 0.1) is 0 Å². The van der Waals surface area contributed by atoms with E-state index < -0.39 is 12.1 Å². The average Bonchev–Trinajstić information content (AvgIpc) is 3.52. The van der Waals surface area contributed by atoms with Crippen LogP contribution in [0.3, 0.4) is 0 Å². The molecule has 0 unspecified atom stereocenters. The summed E-state index contributed by atoms with van der Waals surface area (Å²) < 4.78 is 7.68. The molecule has 1 aliphatic carbocycles. The van der Waals surface area contributed by atoms with Gasteiger partial charge in [0, 0.05) is 29.5 Å². The number of ether oxygens (including phenoxy) is 1. The van der Waals surface area contributed by atoms with Gasteiger partial charge in [-0.15, -0.1) is 0 Å². The predicted octanol–water partition coefficient (Wildman–Crippen LogP) is 3.99. The van der Waals surface area contributed by atoms with Gasteiger partial charge in [-0.1, -0.05) is 37.3 Å². The predicted molar refractivity (Wildman–Crippen MR) is 114 cm³/mol. The van der Waals surface area contributed by atoms with Crippen molar-refractivity contribution < 1.29 is 14.3 Å². The molecule has 0 radical (unpaired) electrons. The first-order valence-corrected chi connectivity index (χ1v) is 10.3. The van der Waals surface area contributed by atoms with Gasteiger partial charge in [-0.2, -0.15) is 5.26 Å². The molecule has 30 heavy (non-hydrogen) atoms. The van der Waals surface area contributed by atoms with E-state index in [1.54, 1.807) is 24.3 Å². The molecule has 1 saturated carbocycles. The maximum Gasteiger partial charge on any atom is 0.350 e. The Morgan fingerprint density at radius 1 is 1.30 bits per heavy atom. The van der Waals surface area contributed by atoms with Gasteiger partial charge in [0.2, 0.25) is 6.10 Å². The minimum Gasteiger partial charge on any atom is -0.443 e. The first-order chi connectivity index (χ1) is 14.4. The van der Waals surface area contributed by atoms with Crippen molar-refractivity contribution in [2.24, 2.45) is 0 Å². The summed E-state index contributed by atoms with van der Waals surface area (Å²) >= 11 is 0. The van der Waals surface area contributed by atoms with Crippen molar-refractivity contribution >= 4 is 18.0 Å². The van der Waals surface area contributed by atoms with Crippen LogP contribution in [0.15, 0.2) is 42.0 Å². The van der Waals surface area contributed by atoms with Crippen LogP contribution in [0.2, 0.25) is 0 Å². The maximum atomic E-state index is 12.8. The van der Waals surface area contributed by atoms with Crippen LogP contribution in [0.4, 0.5) is 0 Å². The second-order valence-corrected chi connectivity index (χ2v) is 7.63. The molecule has 0 aliphatic heterocycles. The Balaban J connectivity index is 1.84. The number of nitrogens with one attached hydrogen (secondary N) is 1. The molecule has 0 spiro atoms. The molecule has 3 rings (SSSR count). The molecule has 2 aromatic rings. The fourth-order valence-electron chi connectivity index (χ4n) is 3.41. The highest BCUT2D eigenvalue weighted by Crippen LogP contribution is 2.25. The first kappa shape index (κ1) is 21.4. The fraction of sp³-hybridized carbons (Fsp3) is 0.375. The quantitative estimate of drug-likeness (QED) is 0.409. The molecule has 1 N–H and O–H groups in total. The number of benzene rings is 1. The highest BCUT2D eigenvalue weighted by molar-refractivity contribution is 5.99. The normalized spacial score (nSPS) is 14.7. The van der Waals surface area contributed by atoms with E-state index in [2.05, 4.69) is 16.8 Å². The van der Waals surface area contributed by atoms with Crippen molar-refractivity contribution in [3.8, 4) is 6.07 Å². The number of rotatable bonds is 8. The zero-order valence-electron chi connectivity index (χ0n) is 17.6. The van der Waals surface area contributed by atoms with Crippen LogP contribution in [0.5, 0.6) is 0 Å². The van der Waals surface area contributed by atoms with Crippen LogP contribution in [0.25, 0.3) is 6.08 Å². The van der Waals surface area contributed by atoms with Gasteiger partial charge in [0.15, 0.2) is 0 Å². The third kappa shape index (κ3) is 4.98. The monoisotopic (exact) mass is 405 g/mol. The Kier molecular flexibility index (Phi) is 6.73. The van der Waals surface area contributed by atoms with Gasteiger partial charge in [0.25, 0.3) is 5.91 Å². The number of carbonyl (C=O) groups excluding carboxylic acids is 2. The van der Waals surface area contributed by atoms with E-state index in [-0.39, 0.29) is 17.5 Å². The van der Waals surface area contributed by atoms with Crippen molar-refractivity contribution in [3.63, 3.8) is 0 Å². The number of aryl methyl sites for hydroxylation is 1. The van der Waals surface area contributed by atoms with Crippen LogP contribution >= 0.6 is 0 Å². The van der Waals surface area contributed by atoms with Crippen LogP contribution < -0.4 is 5.32 Å². The molecular formula is C24H27N3O3. The molecule has 6 heteroatoms. The van der Waals surface area contributed by atoms with Gasteiger partial charge >= 0.3 is 5.97 Å². The summed E-state index contributed by atoms with van der Waals surface area (Å²) in [7, 11) is 0. The Morgan fingerprint density at radius 2 is 2.00 bits per heavy atom. The van der Waals surface area contributed by atoms with Crippen LogP contribution in [-0.4, -0.2) is 22.5 Å². The molecule has 1 aromatic carbocycles. The van der Waals surface area contributed by atoms with Gasteiger partial charge in [-0.3, -0.25) is 4.79 Å². The molecule has 156 valence electrons. The largest absolute Gasteiger partial charge is 0.443 e. The highest BCUT2D eigenvalue weighted by atomic mass is 16.5. The highest BCUT2D eigenvalue weighted by Gasteiger charge is 2.31. The van der Waals surface area contributed by atoms with E-state index in [1.165, 1.54) is 6.08 Å². The standard InChI is InChI=1S/C24H27N3O3/c1-4-12-27-16(2)13-19(17(27)3)14-20(15-25)24(29)30-22(18-8-6-5-7-9-18)23(28)26-21-10-11-21/h5-9,13-14,21-22H,4,10-12H2,1-3H3,(H,26,28)/b20-14+/t22-/m0/s1. The summed E-state index contributed by atoms with van der Waals surface area (Å²) in [6, 6.07) is 12.9. The Labute approximate surface area is 177 Å². The van der Waals surface area contributed by atoms with Crippen LogP contribution in [0, 0.1) is 25.2 Å². The lowest BCUT2D eigenvalue weighted by atomic mass is 10.1. The van der Waals surface area contributed by atoms with E-state index in [0.29, 0.717) is 5.56 Å². The number of aromatic nitrogens is 1. The zero-order chi connectivity index (χ0) is 21.7. The number of amides is 1. The summed E-state index contributed by atoms with van der Waals surface area (Å²) in [5.41, 5.74) is 3.29. The Bertz CT molecular complexity index is 995. The van der Waals surface area contributed by atoms with E-state index in [1.807, 2.05) is 32.0 Å². The van der Waals surface area contributed by atoms with Crippen LogP contribution in [0.1, 0.15) is 54.8 Å². The van der Waals surface area contributed by atoms with Crippen molar-refractivity contribution in [1.82, 2.24) is 9.88 Å². The number of carbonyl (C=O) groups is 2. The molecule has 1 aromatic heterocycles. The lowest BCUT2D eigenvalue weighted by Gasteiger charge is -2.17. The van der Waals surface area contributed by atoms with Crippen LogP contribution in [-0.2, 0) is 20.9 Å². The number of esters is 1. The molecule has 0 saturated heterocycles. The van der Waals surface area contributed by atoms with Gasteiger partial charge < -0.3 is 14.6 Å². The molecule has 6 nitrogen and oxygen atoms in total. The second-order valence-electron chi connectivity index (χ2n) is 7.63. The summed E-state index contributed by atoms with van der Waals surface area (Å²) in [5.74, 6) is -1.17. The number of hydrogen-bond acceptors (Lipinski definition) is 4. The lowest BCUT2D eigenvalue weighted by molar-refractivity contribution is -0.152. The average molecular weight is 405 g/mol. The molecule has 1 amide bonds. The zero-order valence-corrected chi connectivity index (χ0v) is 17.6. The van der Waals surface area contributed by atoms with Gasteiger partial charge in [-0.05, 0) is 50.8 Å². The Hall–Kier alpha value is -3.33. The van der Waals surface area contributed by atoms with E-state index in [4.69, 9.17) is 4.74 Å². The third-order valence-electron chi connectivity index (χ3n) is 5.19. The summed E-state index contributed by atoms with van der Waals surface area (Å²) in [4.78, 5) is 25.5. The number of hydrogen-bond donors (Lipinski definition) is 1. The van der Waals surface area contributed by atoms with E-state index >= 15 is 0 Å². The van der Waals surface area contributed by atoms with Crippen molar-refractivity contribution in [2.75, 3.05) is 0 Å². The molecule has 0 bridgehead atoms. The minimum atomic E-state index is -1.09. The SMILES string of the molecule is CCCn1c(C)cc(/C=C(\C#N)C(=O)O[C@H](C(=O)NC2CC2)c2ccccc2)c1C. The number of nitrogens with zero attached hydrogens (tertiary/aromatic N) is 2.